The number of para-hydroxylation sites is 2. The third-order valence-corrected chi connectivity index (χ3v) is 4.29. The first-order chi connectivity index (χ1) is 15.5. The van der Waals surface area contributed by atoms with Crippen LogP contribution in [0.2, 0.25) is 0 Å². The minimum absolute atomic E-state index is 0.111. The Morgan fingerprint density at radius 3 is 2.36 bits per heavy atom. The van der Waals surface area contributed by atoms with Crippen molar-refractivity contribution in [2.45, 2.75) is 24.8 Å². The second kappa shape index (κ2) is 10.7. The highest BCUT2D eigenvalue weighted by Crippen LogP contribution is 2.32. The molecular weight excluding hydrogens is 458 g/mol. The van der Waals surface area contributed by atoms with Crippen LogP contribution in [0, 0.1) is 0 Å². The van der Waals surface area contributed by atoms with E-state index < -0.39 is 36.4 Å². The summed E-state index contributed by atoms with van der Waals surface area (Å²) in [6, 6.07) is 10.6. The number of carbonyl (C=O) groups is 2. The number of alkyl halides is 6. The van der Waals surface area contributed by atoms with Crippen LogP contribution in [-0.2, 0) is 15.8 Å². The maximum atomic E-state index is 13.1. The molecule has 1 heterocycles. The van der Waals surface area contributed by atoms with Gasteiger partial charge in [0.2, 0.25) is 5.95 Å². The molecule has 0 saturated carbocycles. The zero-order valence-electron chi connectivity index (χ0n) is 16.7. The van der Waals surface area contributed by atoms with E-state index in [0.717, 1.165) is 12.1 Å². The fraction of sp³-hybridized carbons (Fsp3) is 0.250. The Labute approximate surface area is 182 Å². The van der Waals surface area contributed by atoms with E-state index in [4.69, 9.17) is 9.90 Å². The number of benzene rings is 2. The number of anilines is 1. The molecule has 2 aromatic carbocycles. The fourth-order valence-electron chi connectivity index (χ4n) is 2.87. The number of amides is 1. The topological polar surface area (TPSA) is 107 Å². The normalized spacial score (nSPS) is 12.4. The van der Waals surface area contributed by atoms with Gasteiger partial charge in [-0.3, -0.25) is 9.59 Å². The van der Waals surface area contributed by atoms with Crippen molar-refractivity contribution in [2.24, 2.45) is 0 Å². The molecule has 3 aromatic rings. The summed E-state index contributed by atoms with van der Waals surface area (Å²) in [5, 5.41) is 11.5. The van der Waals surface area contributed by atoms with Gasteiger partial charge in [-0.15, -0.1) is 0 Å². The number of fused-ring (bicyclic) bond motifs is 1. The molecule has 0 saturated heterocycles. The zero-order chi connectivity index (χ0) is 24.6. The Morgan fingerprint density at radius 1 is 1.09 bits per heavy atom. The Hall–Kier alpha value is -3.77. The molecule has 0 radical (unpaired) electrons. The van der Waals surface area contributed by atoms with Gasteiger partial charge in [0.1, 0.15) is 0 Å². The van der Waals surface area contributed by atoms with Crippen LogP contribution in [0.25, 0.3) is 11.0 Å². The first kappa shape index (κ1) is 25.5. The molecule has 0 fully saturated rings. The van der Waals surface area contributed by atoms with Crippen LogP contribution in [0.3, 0.4) is 0 Å². The quantitative estimate of drug-likeness (QED) is 0.310. The molecule has 178 valence electrons. The summed E-state index contributed by atoms with van der Waals surface area (Å²) in [6.45, 7) is -0.660. The lowest BCUT2D eigenvalue weighted by molar-refractivity contribution is -0.173. The van der Waals surface area contributed by atoms with Crippen LogP contribution in [0.5, 0.6) is 0 Å². The molecule has 1 unspecified atom stereocenters. The number of carbonyl (C=O) groups excluding carboxylic acids is 1. The molecule has 0 bridgehead atoms. The van der Waals surface area contributed by atoms with Crippen LogP contribution in [-0.4, -0.2) is 40.2 Å². The lowest BCUT2D eigenvalue weighted by Gasteiger charge is -2.20. The average Bonchev–Trinajstić information content (AvgIpc) is 3.15. The lowest BCUT2D eigenvalue weighted by atomic mass is 10.0. The highest BCUT2D eigenvalue weighted by molar-refractivity contribution is 5.81. The number of aromatic amines is 1. The van der Waals surface area contributed by atoms with Gasteiger partial charge in [0.25, 0.3) is 6.47 Å². The van der Waals surface area contributed by atoms with E-state index >= 15 is 0 Å². The number of H-pyrrole nitrogens is 1. The van der Waals surface area contributed by atoms with Gasteiger partial charge in [-0.1, -0.05) is 24.3 Å². The van der Waals surface area contributed by atoms with Crippen molar-refractivity contribution in [1.82, 2.24) is 15.3 Å². The van der Waals surface area contributed by atoms with Crippen LogP contribution in [0.15, 0.2) is 48.5 Å². The van der Waals surface area contributed by atoms with E-state index in [1.807, 2.05) is 0 Å². The highest BCUT2D eigenvalue weighted by atomic mass is 19.4. The van der Waals surface area contributed by atoms with E-state index in [1.165, 1.54) is 12.1 Å². The first-order valence-electron chi connectivity index (χ1n) is 9.27. The van der Waals surface area contributed by atoms with Gasteiger partial charge in [-0.05, 0) is 36.2 Å². The summed E-state index contributed by atoms with van der Waals surface area (Å²) < 4.78 is 76.3. The van der Waals surface area contributed by atoms with Crippen LogP contribution in [0.4, 0.5) is 32.3 Å². The molecular formula is C20H18F6N4O3. The highest BCUT2D eigenvalue weighted by Gasteiger charge is 2.38. The summed E-state index contributed by atoms with van der Waals surface area (Å²) in [5.74, 6) is -1.88. The number of nitrogens with zero attached hydrogens (tertiary/aromatic N) is 1. The third-order valence-electron chi connectivity index (χ3n) is 4.29. The minimum Gasteiger partial charge on any atom is -0.483 e. The predicted molar refractivity (Wildman–Crippen MR) is 106 cm³/mol. The van der Waals surface area contributed by atoms with Gasteiger partial charge in [-0.25, -0.2) is 4.98 Å². The van der Waals surface area contributed by atoms with E-state index in [1.54, 1.807) is 29.6 Å². The van der Waals surface area contributed by atoms with Crippen molar-refractivity contribution in [2.75, 3.05) is 11.9 Å². The van der Waals surface area contributed by atoms with Crippen molar-refractivity contribution in [3.63, 3.8) is 0 Å². The zero-order valence-corrected chi connectivity index (χ0v) is 16.7. The van der Waals surface area contributed by atoms with E-state index in [0.29, 0.717) is 11.0 Å². The Kier molecular flexibility index (Phi) is 8.26. The summed E-state index contributed by atoms with van der Waals surface area (Å²) in [6.07, 6.45) is -9.73. The molecule has 0 aliphatic carbocycles. The largest absolute Gasteiger partial charge is 0.483 e. The molecule has 0 aliphatic rings. The number of halogens is 6. The average molecular weight is 476 g/mol. The van der Waals surface area contributed by atoms with Crippen molar-refractivity contribution in [1.29, 1.82) is 0 Å². The van der Waals surface area contributed by atoms with Crippen molar-refractivity contribution < 1.29 is 41.0 Å². The van der Waals surface area contributed by atoms with Gasteiger partial charge >= 0.3 is 18.3 Å². The van der Waals surface area contributed by atoms with Gasteiger partial charge in [-0.2, -0.15) is 26.3 Å². The Balaban J connectivity index is 0.00000122. The second-order valence-corrected chi connectivity index (χ2v) is 6.57. The summed E-state index contributed by atoms with van der Waals surface area (Å²) in [5.41, 5.74) is 0.573. The van der Waals surface area contributed by atoms with Gasteiger partial charge in [0.05, 0.1) is 22.6 Å². The third kappa shape index (κ3) is 7.40. The van der Waals surface area contributed by atoms with Gasteiger partial charge in [0.15, 0.2) is 0 Å². The number of carboxylic acid groups (broad SMARTS) is 1. The molecule has 13 heteroatoms. The standard InChI is InChI=1S/C19H16F6N4O.CH2O2/c20-18(21,22)12-5-3-4-11(10-12)13(8-9-26-16(30)19(23,24)25)27-17-28-14-6-1-2-7-15(14)29-17;2-1-3/h1-7,10,13H,8-9H2,(H,26,30)(H2,27,28,29);1H,(H,2,3). The molecule has 0 aliphatic heterocycles. The number of aromatic nitrogens is 2. The van der Waals surface area contributed by atoms with Crippen LogP contribution in [0.1, 0.15) is 23.6 Å². The number of hydrogen-bond acceptors (Lipinski definition) is 4. The van der Waals surface area contributed by atoms with E-state index in [-0.39, 0.29) is 24.4 Å². The molecule has 1 atom stereocenters. The summed E-state index contributed by atoms with van der Waals surface area (Å²) >= 11 is 0. The first-order valence-corrected chi connectivity index (χ1v) is 9.27. The van der Waals surface area contributed by atoms with Crippen molar-refractivity contribution in [3.05, 3.63) is 59.7 Å². The number of hydrogen-bond donors (Lipinski definition) is 4. The molecule has 0 spiro atoms. The SMILES string of the molecule is O=C(NCCC(Nc1nc2ccccc2[nH]1)c1cccc(C(F)(F)F)c1)C(F)(F)F.O=CO. The van der Waals surface area contributed by atoms with Crippen molar-refractivity contribution in [3.8, 4) is 0 Å². The number of imidazole rings is 1. The van der Waals surface area contributed by atoms with E-state index in [2.05, 4.69) is 15.3 Å². The molecule has 4 N–H and O–H groups in total. The molecule has 3 rings (SSSR count). The van der Waals surface area contributed by atoms with Crippen LogP contribution >= 0.6 is 0 Å². The molecule has 33 heavy (non-hydrogen) atoms. The Bertz CT molecular complexity index is 1050. The number of rotatable bonds is 6. The smallest absolute Gasteiger partial charge is 0.471 e. The predicted octanol–water partition coefficient (Wildman–Crippen LogP) is 4.50. The fourth-order valence-corrected chi connectivity index (χ4v) is 2.87. The lowest BCUT2D eigenvalue weighted by Crippen LogP contribution is -2.38. The monoisotopic (exact) mass is 476 g/mol. The summed E-state index contributed by atoms with van der Waals surface area (Å²) in [7, 11) is 0. The maximum Gasteiger partial charge on any atom is 0.471 e. The molecule has 1 amide bonds. The molecule has 7 nitrogen and oxygen atoms in total. The van der Waals surface area contributed by atoms with E-state index in [9.17, 15) is 31.1 Å². The molecule has 1 aromatic heterocycles. The second-order valence-electron chi connectivity index (χ2n) is 6.57. The summed E-state index contributed by atoms with van der Waals surface area (Å²) in [4.78, 5) is 26.6. The van der Waals surface area contributed by atoms with Gasteiger partial charge < -0.3 is 20.7 Å². The minimum atomic E-state index is -5.04. The maximum absolute atomic E-state index is 13.1. The Morgan fingerprint density at radius 2 is 1.76 bits per heavy atom. The van der Waals surface area contributed by atoms with Crippen LogP contribution < -0.4 is 10.6 Å². The number of nitrogens with one attached hydrogen (secondary N) is 3. The van der Waals surface area contributed by atoms with Gasteiger partial charge in [0, 0.05) is 6.54 Å². The van der Waals surface area contributed by atoms with Crippen molar-refractivity contribution >= 4 is 29.4 Å².